The zero-order chi connectivity index (χ0) is 24.6. The molecule has 1 aliphatic rings. The van der Waals surface area contributed by atoms with Gasteiger partial charge in [0, 0.05) is 4.88 Å². The second-order valence-corrected chi connectivity index (χ2v) is 12.2. The molecule has 1 aromatic carbocycles. The zero-order valence-electron chi connectivity index (χ0n) is 19.2. The van der Waals surface area contributed by atoms with E-state index in [-0.39, 0.29) is 16.7 Å². The Morgan fingerprint density at radius 3 is 2.42 bits per heavy atom. The van der Waals surface area contributed by atoms with Crippen LogP contribution in [0.25, 0.3) is 0 Å². The molecule has 1 aliphatic carbocycles. The van der Waals surface area contributed by atoms with Crippen LogP contribution in [0.1, 0.15) is 61.3 Å². The Kier molecular flexibility index (Phi) is 7.30. The molecule has 1 heterocycles. The van der Waals surface area contributed by atoms with Crippen molar-refractivity contribution >= 4 is 38.2 Å². The first-order valence-electron chi connectivity index (χ1n) is 10.9. The maximum absolute atomic E-state index is 13.1. The van der Waals surface area contributed by atoms with Crippen LogP contribution in [0, 0.1) is 17.2 Å². The number of halogens is 1. The van der Waals surface area contributed by atoms with E-state index in [9.17, 15) is 22.4 Å². The topological polar surface area (TPSA) is 118 Å². The Morgan fingerprint density at radius 1 is 1.24 bits per heavy atom. The van der Waals surface area contributed by atoms with Crippen molar-refractivity contribution in [3.05, 3.63) is 46.1 Å². The Morgan fingerprint density at radius 2 is 1.88 bits per heavy atom. The third kappa shape index (κ3) is 5.62. The van der Waals surface area contributed by atoms with E-state index in [0.29, 0.717) is 22.9 Å². The molecular formula is C23H30FN3O4S2. The Bertz CT molecular complexity index is 1150. The highest BCUT2D eigenvalue weighted by atomic mass is 32.2. The van der Waals surface area contributed by atoms with Crippen LogP contribution in [0.3, 0.4) is 0 Å². The largest absolute Gasteiger partial charge is 0.365 e. The summed E-state index contributed by atoms with van der Waals surface area (Å²) >= 11 is 1.33. The van der Waals surface area contributed by atoms with Gasteiger partial charge in [-0.15, -0.1) is 11.3 Å². The highest BCUT2D eigenvalue weighted by molar-refractivity contribution is 7.89. The number of benzene rings is 1. The molecule has 10 heteroatoms. The Balaban J connectivity index is 1.83. The summed E-state index contributed by atoms with van der Waals surface area (Å²) in [5.74, 6) is -1.32. The van der Waals surface area contributed by atoms with Gasteiger partial charge in [0.1, 0.15) is 16.9 Å². The van der Waals surface area contributed by atoms with E-state index in [1.807, 2.05) is 0 Å². The van der Waals surface area contributed by atoms with Gasteiger partial charge in [-0.3, -0.25) is 9.59 Å². The quantitative estimate of drug-likeness (QED) is 0.541. The average Bonchev–Trinajstić information content (AvgIpc) is 3.08. The SMILES string of the molecule is CCC(NS(=O)(=O)c1ccc(F)cc1)C(=O)Nc1sc2c(c1C(N)=O)CCC(C(C)(C)C)C2. The van der Waals surface area contributed by atoms with Crippen LogP contribution in [0.4, 0.5) is 9.39 Å². The summed E-state index contributed by atoms with van der Waals surface area (Å²) in [4.78, 5) is 26.1. The number of rotatable bonds is 7. The number of thiophene rings is 1. The number of fused-ring (bicyclic) bond motifs is 1. The third-order valence-corrected chi connectivity index (χ3v) is 8.78. The number of hydrogen-bond donors (Lipinski definition) is 3. The molecule has 0 aliphatic heterocycles. The second kappa shape index (κ2) is 9.52. The van der Waals surface area contributed by atoms with Crippen LogP contribution in [0.15, 0.2) is 29.2 Å². The van der Waals surface area contributed by atoms with Gasteiger partial charge < -0.3 is 11.1 Å². The summed E-state index contributed by atoms with van der Waals surface area (Å²) in [6, 6.07) is 3.26. The van der Waals surface area contributed by atoms with E-state index in [1.54, 1.807) is 6.92 Å². The minimum absolute atomic E-state index is 0.115. The normalized spacial score (nSPS) is 17.3. The molecule has 2 amide bonds. The molecule has 0 spiro atoms. The van der Waals surface area contributed by atoms with Gasteiger partial charge in [-0.1, -0.05) is 27.7 Å². The van der Waals surface area contributed by atoms with Gasteiger partial charge in [-0.05, 0) is 66.8 Å². The molecule has 0 saturated carbocycles. The van der Waals surface area contributed by atoms with Crippen molar-refractivity contribution in [3.8, 4) is 0 Å². The van der Waals surface area contributed by atoms with E-state index in [1.165, 1.54) is 11.3 Å². The van der Waals surface area contributed by atoms with E-state index in [0.717, 1.165) is 47.5 Å². The van der Waals surface area contributed by atoms with Crippen LogP contribution >= 0.6 is 11.3 Å². The summed E-state index contributed by atoms with van der Waals surface area (Å²) in [5.41, 5.74) is 6.96. The van der Waals surface area contributed by atoms with Gasteiger partial charge >= 0.3 is 0 Å². The monoisotopic (exact) mass is 495 g/mol. The van der Waals surface area contributed by atoms with Crippen molar-refractivity contribution in [3.63, 3.8) is 0 Å². The molecule has 4 N–H and O–H groups in total. The molecule has 1 aromatic heterocycles. The molecule has 0 bridgehead atoms. The fourth-order valence-corrected chi connectivity index (χ4v) is 6.68. The fourth-order valence-electron chi connectivity index (χ4n) is 4.06. The standard InChI is InChI=1S/C23H30FN3O4S2/c1-5-17(27-33(30,31)15-9-7-14(24)8-10-15)21(29)26-22-19(20(25)28)16-11-6-13(23(2,3)4)12-18(16)32-22/h7-10,13,17,27H,5-6,11-12H2,1-4H3,(H2,25,28)(H,26,29). The summed E-state index contributed by atoms with van der Waals surface area (Å²) < 4.78 is 40.8. The lowest BCUT2D eigenvalue weighted by molar-refractivity contribution is -0.117. The third-order valence-electron chi connectivity index (χ3n) is 6.12. The zero-order valence-corrected chi connectivity index (χ0v) is 20.8. The smallest absolute Gasteiger partial charge is 0.251 e. The maximum Gasteiger partial charge on any atom is 0.251 e. The minimum Gasteiger partial charge on any atom is -0.365 e. The lowest BCUT2D eigenvalue weighted by Gasteiger charge is -2.33. The van der Waals surface area contributed by atoms with E-state index >= 15 is 0 Å². The molecule has 0 fully saturated rings. The minimum atomic E-state index is -4.04. The molecule has 0 saturated heterocycles. The van der Waals surface area contributed by atoms with Crippen molar-refractivity contribution in [1.82, 2.24) is 4.72 Å². The highest BCUT2D eigenvalue weighted by Gasteiger charge is 2.34. The first-order valence-corrected chi connectivity index (χ1v) is 13.2. The van der Waals surface area contributed by atoms with Gasteiger partial charge in [-0.2, -0.15) is 4.72 Å². The Hall–Kier alpha value is -2.30. The number of carbonyl (C=O) groups is 2. The van der Waals surface area contributed by atoms with Crippen molar-refractivity contribution in [2.24, 2.45) is 17.1 Å². The van der Waals surface area contributed by atoms with Crippen molar-refractivity contribution in [2.75, 3.05) is 5.32 Å². The average molecular weight is 496 g/mol. The first kappa shape index (κ1) is 25.3. The van der Waals surface area contributed by atoms with Gasteiger partial charge in [0.25, 0.3) is 5.91 Å². The summed E-state index contributed by atoms with van der Waals surface area (Å²) in [6.45, 7) is 8.23. The number of sulfonamides is 1. The summed E-state index contributed by atoms with van der Waals surface area (Å²) in [5, 5.41) is 3.08. The molecule has 2 aromatic rings. The fraction of sp³-hybridized carbons (Fsp3) is 0.478. The van der Waals surface area contributed by atoms with E-state index < -0.39 is 33.7 Å². The molecule has 0 radical (unpaired) electrons. The number of nitrogens with two attached hydrogens (primary N) is 1. The summed E-state index contributed by atoms with van der Waals surface area (Å²) in [6.07, 6.45) is 2.61. The molecule has 2 atom stereocenters. The van der Waals surface area contributed by atoms with E-state index in [2.05, 4.69) is 30.8 Å². The molecule has 180 valence electrons. The molecular weight excluding hydrogens is 465 g/mol. The van der Waals surface area contributed by atoms with Crippen LogP contribution < -0.4 is 15.8 Å². The number of primary amides is 1. The highest BCUT2D eigenvalue weighted by Crippen LogP contribution is 2.44. The van der Waals surface area contributed by atoms with Crippen LogP contribution in [-0.4, -0.2) is 26.3 Å². The van der Waals surface area contributed by atoms with Gasteiger partial charge in [0.05, 0.1) is 10.5 Å². The number of carbonyl (C=O) groups excluding carboxylic acids is 2. The number of nitrogens with one attached hydrogen (secondary N) is 2. The van der Waals surface area contributed by atoms with Crippen molar-refractivity contribution < 1.29 is 22.4 Å². The predicted octanol–water partition coefficient (Wildman–Crippen LogP) is 3.83. The van der Waals surface area contributed by atoms with Gasteiger partial charge in [0.2, 0.25) is 15.9 Å². The number of hydrogen-bond acceptors (Lipinski definition) is 5. The van der Waals surface area contributed by atoms with Crippen LogP contribution in [0.2, 0.25) is 0 Å². The lowest BCUT2D eigenvalue weighted by atomic mass is 9.72. The number of anilines is 1. The van der Waals surface area contributed by atoms with Crippen LogP contribution in [0.5, 0.6) is 0 Å². The first-order chi connectivity index (χ1) is 15.3. The van der Waals surface area contributed by atoms with E-state index in [4.69, 9.17) is 5.73 Å². The van der Waals surface area contributed by atoms with Gasteiger partial charge in [0.15, 0.2) is 0 Å². The van der Waals surface area contributed by atoms with Crippen LogP contribution in [-0.2, 0) is 27.7 Å². The molecule has 3 rings (SSSR count). The molecule has 2 unspecified atom stereocenters. The predicted molar refractivity (Wildman–Crippen MR) is 127 cm³/mol. The molecule has 33 heavy (non-hydrogen) atoms. The maximum atomic E-state index is 13.1. The second-order valence-electron chi connectivity index (χ2n) is 9.40. The lowest BCUT2D eigenvalue weighted by Crippen LogP contribution is -2.43. The summed E-state index contributed by atoms with van der Waals surface area (Å²) in [7, 11) is -4.04. The molecule has 7 nitrogen and oxygen atoms in total. The Labute approximate surface area is 198 Å². The van der Waals surface area contributed by atoms with Gasteiger partial charge in [-0.25, -0.2) is 12.8 Å². The van der Waals surface area contributed by atoms with Crippen molar-refractivity contribution in [2.45, 2.75) is 64.3 Å². The van der Waals surface area contributed by atoms with Crippen molar-refractivity contribution in [1.29, 1.82) is 0 Å². The number of amides is 2.